The Bertz CT molecular complexity index is 518. The van der Waals surface area contributed by atoms with Crippen molar-refractivity contribution in [1.29, 1.82) is 0 Å². The van der Waals surface area contributed by atoms with Crippen molar-refractivity contribution in [3.05, 3.63) is 41.2 Å². The maximum atomic E-state index is 5.70. The van der Waals surface area contributed by atoms with E-state index in [1.165, 1.54) is 16.8 Å². The number of thioether (sulfide) groups is 1. The highest BCUT2D eigenvalue weighted by Crippen LogP contribution is 2.36. The van der Waals surface area contributed by atoms with E-state index in [-0.39, 0.29) is 0 Å². The average Bonchev–Trinajstić information content (AvgIpc) is 2.94. The van der Waals surface area contributed by atoms with Gasteiger partial charge in [0.05, 0.1) is 19.2 Å². The predicted octanol–water partition coefficient (Wildman–Crippen LogP) is 1.86. The first-order chi connectivity index (χ1) is 9.81. The number of methoxy groups -OCH3 is 1. The topological polar surface area (TPSA) is 50.5 Å². The Hall–Kier alpha value is -1.33. The van der Waals surface area contributed by atoms with E-state index in [9.17, 15) is 0 Å². The van der Waals surface area contributed by atoms with E-state index in [1.54, 1.807) is 7.11 Å². The monoisotopic (exact) mass is 291 g/mol. The molecule has 1 atom stereocenters. The number of ether oxygens (including phenoxy) is 1. The normalized spacial score (nSPS) is 21.2. The van der Waals surface area contributed by atoms with Crippen molar-refractivity contribution in [3.8, 4) is 5.75 Å². The molecule has 3 N–H and O–H groups in total. The number of nitrogens with one attached hydrogen (secondary N) is 1. The Morgan fingerprint density at radius 1 is 1.45 bits per heavy atom. The van der Waals surface area contributed by atoms with Crippen LogP contribution in [-0.2, 0) is 12.2 Å². The summed E-state index contributed by atoms with van der Waals surface area (Å²) in [5, 5.41) is 3.81. The van der Waals surface area contributed by atoms with E-state index in [1.807, 2.05) is 11.8 Å². The molecule has 0 saturated heterocycles. The summed E-state index contributed by atoms with van der Waals surface area (Å²) >= 11 is 2.01. The molecule has 2 heterocycles. The number of rotatable bonds is 4. The molecule has 4 nitrogen and oxygen atoms in total. The Morgan fingerprint density at radius 2 is 2.35 bits per heavy atom. The van der Waals surface area contributed by atoms with Crippen LogP contribution in [0.3, 0.4) is 0 Å². The fraction of sp³-hybridized carbons (Fsp3) is 0.467. The van der Waals surface area contributed by atoms with Crippen LogP contribution >= 0.6 is 11.8 Å². The number of benzene rings is 1. The van der Waals surface area contributed by atoms with Gasteiger partial charge in [-0.05, 0) is 29.8 Å². The summed E-state index contributed by atoms with van der Waals surface area (Å²) in [5.74, 6) is 2.02. The Morgan fingerprint density at radius 3 is 3.15 bits per heavy atom. The van der Waals surface area contributed by atoms with Crippen molar-refractivity contribution in [2.24, 2.45) is 5.73 Å². The quantitative estimate of drug-likeness (QED) is 0.887. The van der Waals surface area contributed by atoms with Crippen molar-refractivity contribution in [2.45, 2.75) is 24.0 Å². The van der Waals surface area contributed by atoms with Crippen LogP contribution in [0.1, 0.15) is 17.5 Å². The highest BCUT2D eigenvalue weighted by atomic mass is 32.2. The highest BCUT2D eigenvalue weighted by molar-refractivity contribution is 7.99. The molecule has 0 spiro atoms. The summed E-state index contributed by atoms with van der Waals surface area (Å²) in [6.07, 6.45) is 4.10. The lowest BCUT2D eigenvalue weighted by Gasteiger charge is -2.34. The van der Waals surface area contributed by atoms with E-state index < -0.39 is 0 Å². The molecule has 3 rings (SSSR count). The smallest absolute Gasteiger partial charge is 0.119 e. The van der Waals surface area contributed by atoms with E-state index in [4.69, 9.17) is 10.5 Å². The molecule has 0 amide bonds. The fourth-order valence-electron chi connectivity index (χ4n) is 2.79. The van der Waals surface area contributed by atoms with E-state index >= 15 is 0 Å². The molecule has 0 radical (unpaired) electrons. The zero-order valence-corrected chi connectivity index (χ0v) is 12.6. The van der Waals surface area contributed by atoms with Gasteiger partial charge in [0.25, 0.3) is 0 Å². The van der Waals surface area contributed by atoms with Crippen LogP contribution in [0.2, 0.25) is 0 Å². The second kappa shape index (κ2) is 5.97. The lowest BCUT2D eigenvalue weighted by molar-refractivity contribution is 0.328. The Labute approximate surface area is 124 Å². The van der Waals surface area contributed by atoms with Crippen LogP contribution in [0.4, 0.5) is 0 Å². The second-order valence-electron chi connectivity index (χ2n) is 5.11. The minimum atomic E-state index is 0.488. The average molecular weight is 291 g/mol. The van der Waals surface area contributed by atoms with Gasteiger partial charge in [-0.3, -0.25) is 0 Å². The van der Waals surface area contributed by atoms with Gasteiger partial charge in [0.2, 0.25) is 0 Å². The summed E-state index contributed by atoms with van der Waals surface area (Å²) in [4.78, 5) is 2.44. The number of hydrogen-bond acceptors (Lipinski definition) is 5. The third-order valence-corrected chi connectivity index (χ3v) is 5.17. The van der Waals surface area contributed by atoms with Crippen LogP contribution in [0.5, 0.6) is 5.75 Å². The van der Waals surface area contributed by atoms with Gasteiger partial charge in [-0.25, -0.2) is 0 Å². The number of nitrogens with zero attached hydrogens (tertiary/aromatic N) is 1. The van der Waals surface area contributed by atoms with Gasteiger partial charge in [-0.1, -0.05) is 6.07 Å². The van der Waals surface area contributed by atoms with Crippen LogP contribution in [0, 0.1) is 0 Å². The van der Waals surface area contributed by atoms with Crippen LogP contribution in [0.15, 0.2) is 30.1 Å². The maximum absolute atomic E-state index is 5.70. The van der Waals surface area contributed by atoms with E-state index in [2.05, 4.69) is 34.6 Å². The van der Waals surface area contributed by atoms with Gasteiger partial charge < -0.3 is 20.7 Å². The molecule has 0 saturated carbocycles. The molecule has 1 aromatic carbocycles. The zero-order chi connectivity index (χ0) is 13.9. The summed E-state index contributed by atoms with van der Waals surface area (Å²) in [6, 6.07) is 6.42. The standard InChI is InChI=1S/C15H21N3OS/c1-19-14-3-2-11-9-20-15(7-12(11)6-14)18-10-17-8-13(18)4-5-16/h2-3,6,8,15,17H,4-5,7,9-10,16H2,1H3. The molecule has 0 fully saturated rings. The van der Waals surface area contributed by atoms with Crippen LogP contribution < -0.4 is 15.8 Å². The Balaban J connectivity index is 1.76. The molecule has 0 aromatic heterocycles. The summed E-state index contributed by atoms with van der Waals surface area (Å²) in [6.45, 7) is 1.60. The highest BCUT2D eigenvalue weighted by Gasteiger charge is 2.28. The van der Waals surface area contributed by atoms with Crippen LogP contribution in [-0.4, -0.2) is 30.6 Å². The minimum Gasteiger partial charge on any atom is -0.497 e. The molecular formula is C15H21N3OS. The van der Waals surface area contributed by atoms with E-state index in [0.717, 1.165) is 31.0 Å². The van der Waals surface area contributed by atoms with Gasteiger partial charge in [0, 0.05) is 30.5 Å². The third kappa shape index (κ3) is 2.60. The number of hydrogen-bond donors (Lipinski definition) is 2. The Kier molecular flexibility index (Phi) is 4.08. The number of fused-ring (bicyclic) bond motifs is 1. The molecule has 5 heteroatoms. The minimum absolute atomic E-state index is 0.488. The van der Waals surface area contributed by atoms with E-state index in [0.29, 0.717) is 11.9 Å². The van der Waals surface area contributed by atoms with Crippen molar-refractivity contribution in [2.75, 3.05) is 20.3 Å². The molecule has 1 unspecified atom stereocenters. The molecule has 108 valence electrons. The third-order valence-electron chi connectivity index (χ3n) is 3.89. The first-order valence-electron chi connectivity index (χ1n) is 6.98. The van der Waals surface area contributed by atoms with Crippen molar-refractivity contribution >= 4 is 11.8 Å². The van der Waals surface area contributed by atoms with Gasteiger partial charge in [-0.15, -0.1) is 11.8 Å². The largest absolute Gasteiger partial charge is 0.497 e. The molecular weight excluding hydrogens is 270 g/mol. The first kappa shape index (κ1) is 13.6. The first-order valence-corrected chi connectivity index (χ1v) is 8.03. The summed E-state index contributed by atoms with van der Waals surface area (Å²) < 4.78 is 5.34. The second-order valence-corrected chi connectivity index (χ2v) is 6.28. The molecule has 0 bridgehead atoms. The molecule has 2 aliphatic heterocycles. The van der Waals surface area contributed by atoms with Gasteiger partial charge in [0.15, 0.2) is 0 Å². The molecule has 20 heavy (non-hydrogen) atoms. The van der Waals surface area contributed by atoms with Crippen molar-refractivity contribution in [3.63, 3.8) is 0 Å². The maximum Gasteiger partial charge on any atom is 0.119 e. The lowest BCUT2D eigenvalue weighted by atomic mass is 10.0. The summed E-state index contributed by atoms with van der Waals surface area (Å²) in [5.41, 5.74) is 9.87. The SMILES string of the molecule is COc1ccc2c(c1)CC(N1CNC=C1CCN)SC2. The van der Waals surface area contributed by atoms with Crippen molar-refractivity contribution in [1.82, 2.24) is 10.2 Å². The molecule has 2 aliphatic rings. The molecule has 0 aliphatic carbocycles. The number of nitrogens with two attached hydrogens (primary N) is 1. The lowest BCUT2D eigenvalue weighted by Crippen LogP contribution is -2.36. The zero-order valence-electron chi connectivity index (χ0n) is 11.8. The predicted molar refractivity (Wildman–Crippen MR) is 83.4 cm³/mol. The van der Waals surface area contributed by atoms with Crippen molar-refractivity contribution < 1.29 is 4.74 Å². The van der Waals surface area contributed by atoms with Gasteiger partial charge in [-0.2, -0.15) is 0 Å². The fourth-order valence-corrected chi connectivity index (χ4v) is 4.13. The van der Waals surface area contributed by atoms with Gasteiger partial charge >= 0.3 is 0 Å². The summed E-state index contributed by atoms with van der Waals surface area (Å²) in [7, 11) is 1.73. The van der Waals surface area contributed by atoms with Crippen LogP contribution in [0.25, 0.3) is 0 Å². The molecule has 1 aromatic rings. The van der Waals surface area contributed by atoms with Gasteiger partial charge in [0.1, 0.15) is 5.75 Å².